The normalized spacial score (nSPS) is 11.9. The number of benzene rings is 1. The molecule has 0 heterocycles. The van der Waals surface area contributed by atoms with Crippen LogP contribution in [0.25, 0.3) is 0 Å². The van der Waals surface area contributed by atoms with E-state index in [0.717, 1.165) is 0 Å². The molecule has 0 amide bonds. The van der Waals surface area contributed by atoms with Gasteiger partial charge in [0.25, 0.3) is 0 Å². The summed E-state index contributed by atoms with van der Waals surface area (Å²) in [6, 6.07) is 2.77. The van der Waals surface area contributed by atoms with Crippen molar-refractivity contribution in [1.29, 1.82) is 0 Å². The molecule has 1 aromatic carbocycles. The van der Waals surface area contributed by atoms with Crippen LogP contribution in [0.2, 0.25) is 15.1 Å². The predicted molar refractivity (Wildman–Crippen MR) is 69.2 cm³/mol. The van der Waals surface area contributed by atoms with Gasteiger partial charge in [-0.3, -0.25) is 4.72 Å². The lowest BCUT2D eigenvalue weighted by atomic mass is 10.3. The number of hydrogen-bond acceptors (Lipinski definition) is 2. The van der Waals surface area contributed by atoms with Crippen molar-refractivity contribution in [3.63, 3.8) is 0 Å². The summed E-state index contributed by atoms with van der Waals surface area (Å²) in [5, 5.41) is 0.170. The number of rotatable bonds is 3. The molecule has 0 aliphatic heterocycles. The van der Waals surface area contributed by atoms with E-state index in [1.807, 2.05) is 0 Å². The van der Waals surface area contributed by atoms with Crippen LogP contribution in [-0.2, 0) is 10.0 Å². The van der Waals surface area contributed by atoms with Gasteiger partial charge in [-0.05, 0) is 26.0 Å². The third kappa shape index (κ3) is 3.17. The zero-order valence-electron chi connectivity index (χ0n) is 8.59. The number of anilines is 1. The van der Waals surface area contributed by atoms with Gasteiger partial charge in [0.05, 0.1) is 26.0 Å². The van der Waals surface area contributed by atoms with Crippen molar-refractivity contribution < 1.29 is 8.42 Å². The van der Waals surface area contributed by atoms with Gasteiger partial charge in [-0.25, -0.2) is 8.42 Å². The zero-order chi connectivity index (χ0) is 12.5. The molecular formula is C9H10Cl3NO2S. The molecule has 16 heavy (non-hydrogen) atoms. The summed E-state index contributed by atoms with van der Waals surface area (Å²) < 4.78 is 25.6. The summed E-state index contributed by atoms with van der Waals surface area (Å²) in [5.41, 5.74) is 0.227. The Bertz CT molecular complexity index is 500. The van der Waals surface area contributed by atoms with Crippen molar-refractivity contribution in [2.75, 3.05) is 4.72 Å². The number of nitrogens with one attached hydrogen (secondary N) is 1. The van der Waals surface area contributed by atoms with Crippen molar-refractivity contribution in [2.45, 2.75) is 19.1 Å². The van der Waals surface area contributed by atoms with Gasteiger partial charge in [0, 0.05) is 0 Å². The molecule has 1 rings (SSSR count). The van der Waals surface area contributed by atoms with E-state index in [-0.39, 0.29) is 20.8 Å². The van der Waals surface area contributed by atoms with Crippen molar-refractivity contribution in [3.8, 4) is 0 Å². The molecule has 0 spiro atoms. The standard InChI is InChI=1S/C9H10Cl3NO2S/c1-5(2)16(14,15)13-9-4-7(11)6(10)3-8(9)12/h3-5,13H,1-2H3. The van der Waals surface area contributed by atoms with Crippen molar-refractivity contribution >= 4 is 50.5 Å². The van der Waals surface area contributed by atoms with Gasteiger partial charge >= 0.3 is 0 Å². The molecule has 0 aromatic heterocycles. The molecule has 7 heteroatoms. The Kier molecular flexibility index (Phi) is 4.35. The van der Waals surface area contributed by atoms with E-state index in [2.05, 4.69) is 4.72 Å². The van der Waals surface area contributed by atoms with Gasteiger partial charge in [0.15, 0.2) is 0 Å². The Morgan fingerprint density at radius 1 is 1.06 bits per heavy atom. The van der Waals surface area contributed by atoms with Crippen LogP contribution < -0.4 is 4.72 Å². The summed E-state index contributed by atoms with van der Waals surface area (Å²) in [4.78, 5) is 0. The predicted octanol–water partition coefficient (Wildman–Crippen LogP) is 3.80. The highest BCUT2D eigenvalue weighted by Gasteiger charge is 2.17. The highest BCUT2D eigenvalue weighted by molar-refractivity contribution is 7.93. The molecular weight excluding hydrogens is 293 g/mol. The molecule has 1 N–H and O–H groups in total. The molecule has 0 saturated heterocycles. The average Bonchev–Trinajstić information content (AvgIpc) is 2.13. The Balaban J connectivity index is 3.13. The molecule has 0 fully saturated rings. The van der Waals surface area contributed by atoms with E-state index in [1.54, 1.807) is 13.8 Å². The summed E-state index contributed by atoms with van der Waals surface area (Å²) in [5.74, 6) is 0. The molecule has 0 aliphatic carbocycles. The highest BCUT2D eigenvalue weighted by atomic mass is 35.5. The first-order chi connectivity index (χ1) is 7.24. The van der Waals surface area contributed by atoms with E-state index in [0.29, 0.717) is 0 Å². The number of halogens is 3. The minimum atomic E-state index is -3.44. The largest absolute Gasteiger partial charge is 0.282 e. The summed E-state index contributed by atoms with van der Waals surface area (Å²) in [6.45, 7) is 3.13. The fraction of sp³-hybridized carbons (Fsp3) is 0.333. The fourth-order valence-electron chi connectivity index (χ4n) is 0.872. The lowest BCUT2D eigenvalue weighted by Crippen LogP contribution is -2.22. The topological polar surface area (TPSA) is 46.2 Å². The molecule has 0 saturated carbocycles. The molecule has 0 bridgehead atoms. The summed E-state index contributed by atoms with van der Waals surface area (Å²) in [7, 11) is -3.44. The van der Waals surface area contributed by atoms with Crippen molar-refractivity contribution in [2.24, 2.45) is 0 Å². The molecule has 3 nitrogen and oxygen atoms in total. The molecule has 90 valence electrons. The van der Waals surface area contributed by atoms with Gasteiger partial charge < -0.3 is 0 Å². The van der Waals surface area contributed by atoms with E-state index in [4.69, 9.17) is 34.8 Å². The van der Waals surface area contributed by atoms with Gasteiger partial charge in [-0.2, -0.15) is 0 Å². The fourth-order valence-corrected chi connectivity index (χ4v) is 2.23. The van der Waals surface area contributed by atoms with Gasteiger partial charge in [0.1, 0.15) is 0 Å². The molecule has 1 aromatic rings. The first-order valence-corrected chi connectivity index (χ1v) is 7.08. The third-order valence-corrected chi connectivity index (χ3v) is 4.66. The Hall–Kier alpha value is -0.160. The van der Waals surface area contributed by atoms with E-state index < -0.39 is 15.3 Å². The second kappa shape index (κ2) is 5.00. The number of sulfonamides is 1. The molecule has 0 aliphatic rings. The van der Waals surface area contributed by atoms with Crippen molar-refractivity contribution in [3.05, 3.63) is 27.2 Å². The summed E-state index contributed by atoms with van der Waals surface area (Å²) >= 11 is 17.3. The smallest absolute Gasteiger partial charge is 0.235 e. The van der Waals surface area contributed by atoms with Gasteiger partial charge in [0.2, 0.25) is 10.0 Å². The minimum absolute atomic E-state index is 0.207. The second-order valence-electron chi connectivity index (χ2n) is 3.44. The van der Waals surface area contributed by atoms with Crippen LogP contribution in [0.5, 0.6) is 0 Å². The van der Waals surface area contributed by atoms with Crippen LogP contribution in [0.4, 0.5) is 5.69 Å². The lowest BCUT2D eigenvalue weighted by Gasteiger charge is -2.12. The van der Waals surface area contributed by atoms with Crippen molar-refractivity contribution in [1.82, 2.24) is 0 Å². The monoisotopic (exact) mass is 301 g/mol. The maximum atomic E-state index is 11.6. The Morgan fingerprint density at radius 3 is 2.06 bits per heavy atom. The maximum Gasteiger partial charge on any atom is 0.235 e. The van der Waals surface area contributed by atoms with E-state index in [9.17, 15) is 8.42 Å². The first kappa shape index (κ1) is 13.9. The number of hydrogen-bond donors (Lipinski definition) is 1. The molecule has 0 unspecified atom stereocenters. The van der Waals surface area contributed by atoms with E-state index >= 15 is 0 Å². The average molecular weight is 303 g/mol. The second-order valence-corrected chi connectivity index (χ2v) is 6.90. The maximum absolute atomic E-state index is 11.6. The summed E-state index contributed by atoms with van der Waals surface area (Å²) in [6.07, 6.45) is 0. The minimum Gasteiger partial charge on any atom is -0.282 e. The highest BCUT2D eigenvalue weighted by Crippen LogP contribution is 2.32. The van der Waals surface area contributed by atoms with Crippen LogP contribution in [0.1, 0.15) is 13.8 Å². The Labute approximate surface area is 110 Å². The quantitative estimate of drug-likeness (QED) is 0.863. The SMILES string of the molecule is CC(C)S(=O)(=O)Nc1cc(Cl)c(Cl)cc1Cl. The third-order valence-electron chi connectivity index (χ3n) is 1.88. The lowest BCUT2D eigenvalue weighted by molar-refractivity contribution is 0.593. The van der Waals surface area contributed by atoms with Crippen LogP contribution in [0, 0.1) is 0 Å². The van der Waals surface area contributed by atoms with Crippen LogP contribution in [0.15, 0.2) is 12.1 Å². The van der Waals surface area contributed by atoms with Crippen LogP contribution in [-0.4, -0.2) is 13.7 Å². The van der Waals surface area contributed by atoms with Crippen LogP contribution in [0.3, 0.4) is 0 Å². The first-order valence-electron chi connectivity index (χ1n) is 4.40. The Morgan fingerprint density at radius 2 is 1.56 bits per heavy atom. The van der Waals surface area contributed by atoms with Gasteiger partial charge in [-0.1, -0.05) is 34.8 Å². The van der Waals surface area contributed by atoms with E-state index in [1.165, 1.54) is 12.1 Å². The van der Waals surface area contributed by atoms with Gasteiger partial charge in [-0.15, -0.1) is 0 Å². The molecule has 0 atom stereocenters. The zero-order valence-corrected chi connectivity index (χ0v) is 11.7. The van der Waals surface area contributed by atoms with Crippen LogP contribution >= 0.6 is 34.8 Å². The molecule has 0 radical (unpaired) electrons.